The van der Waals surface area contributed by atoms with Crippen molar-refractivity contribution < 1.29 is 4.39 Å². The van der Waals surface area contributed by atoms with E-state index in [0.29, 0.717) is 24.2 Å². The van der Waals surface area contributed by atoms with Gasteiger partial charge in [0.2, 0.25) is 0 Å². The number of rotatable bonds is 4. The molecule has 0 spiro atoms. The van der Waals surface area contributed by atoms with Gasteiger partial charge in [0.25, 0.3) is 0 Å². The number of benzene rings is 1. The first kappa shape index (κ1) is 12.4. The molecule has 2 aromatic rings. The molecule has 1 aromatic carbocycles. The molecule has 0 aliphatic rings. The van der Waals surface area contributed by atoms with E-state index < -0.39 is 0 Å². The number of nitrogen functional groups attached to an aromatic ring is 1. The lowest BCUT2D eigenvalue weighted by Crippen LogP contribution is -2.10. The molecule has 4 nitrogen and oxygen atoms in total. The summed E-state index contributed by atoms with van der Waals surface area (Å²) in [4.78, 5) is 0. The zero-order chi connectivity index (χ0) is 13.1. The average molecular weight is 248 g/mol. The third-order valence-electron chi connectivity index (χ3n) is 2.91. The van der Waals surface area contributed by atoms with Gasteiger partial charge in [-0.25, -0.2) is 4.39 Å². The molecule has 0 fully saturated rings. The predicted octanol–water partition coefficient (Wildman–Crippen LogP) is 2.10. The summed E-state index contributed by atoms with van der Waals surface area (Å²) >= 11 is 0. The largest absolute Gasteiger partial charge is 0.394 e. The second-order valence-corrected chi connectivity index (χ2v) is 4.24. The number of hydrogen-bond acceptors (Lipinski definition) is 3. The van der Waals surface area contributed by atoms with E-state index in [2.05, 4.69) is 10.4 Å². The van der Waals surface area contributed by atoms with Gasteiger partial charge in [-0.1, -0.05) is 18.2 Å². The van der Waals surface area contributed by atoms with E-state index >= 15 is 0 Å². The third-order valence-corrected chi connectivity index (χ3v) is 2.91. The highest BCUT2D eigenvalue weighted by Crippen LogP contribution is 2.20. The number of hydrogen-bond donors (Lipinski definition) is 2. The predicted molar refractivity (Wildman–Crippen MR) is 71.0 cm³/mol. The van der Waals surface area contributed by atoms with Gasteiger partial charge < -0.3 is 11.1 Å². The van der Waals surface area contributed by atoms with E-state index in [0.717, 1.165) is 11.5 Å². The maximum atomic E-state index is 13.4. The fourth-order valence-electron chi connectivity index (χ4n) is 1.90. The van der Waals surface area contributed by atoms with Crippen LogP contribution in [0, 0.1) is 12.7 Å². The van der Waals surface area contributed by atoms with E-state index in [1.807, 2.05) is 20.0 Å². The summed E-state index contributed by atoms with van der Waals surface area (Å²) in [5, 5.41) is 7.40. The molecule has 0 radical (unpaired) electrons. The van der Waals surface area contributed by atoms with Crippen LogP contribution < -0.4 is 11.1 Å². The van der Waals surface area contributed by atoms with Crippen molar-refractivity contribution in [3.05, 3.63) is 41.3 Å². The van der Waals surface area contributed by atoms with Gasteiger partial charge in [0, 0.05) is 13.6 Å². The van der Waals surface area contributed by atoms with Crippen molar-refractivity contribution in [2.75, 3.05) is 17.6 Å². The number of anilines is 2. The molecule has 0 aliphatic heterocycles. The minimum absolute atomic E-state index is 0.173. The summed E-state index contributed by atoms with van der Waals surface area (Å²) in [5.74, 6) is 0.609. The SMILES string of the molecule is Cc1nn(C)c(NCCc2ccccc2F)c1N. The first-order valence-electron chi connectivity index (χ1n) is 5.86. The molecule has 18 heavy (non-hydrogen) atoms. The van der Waals surface area contributed by atoms with E-state index in [1.165, 1.54) is 6.07 Å². The van der Waals surface area contributed by atoms with Crippen LogP contribution in [-0.2, 0) is 13.5 Å². The van der Waals surface area contributed by atoms with Crippen LogP contribution in [0.3, 0.4) is 0 Å². The molecule has 96 valence electrons. The van der Waals surface area contributed by atoms with Crippen LogP contribution in [0.25, 0.3) is 0 Å². The quantitative estimate of drug-likeness (QED) is 0.871. The Morgan fingerprint density at radius 1 is 1.39 bits per heavy atom. The Kier molecular flexibility index (Phi) is 3.50. The standard InChI is InChI=1S/C13H17FN4/c1-9-12(15)13(18(2)17-9)16-8-7-10-5-3-4-6-11(10)14/h3-6,16H,7-8,15H2,1-2H3. The Morgan fingerprint density at radius 2 is 2.11 bits per heavy atom. The summed E-state index contributed by atoms with van der Waals surface area (Å²) in [5.41, 5.74) is 8.03. The maximum Gasteiger partial charge on any atom is 0.147 e. The van der Waals surface area contributed by atoms with Crippen LogP contribution in [-0.4, -0.2) is 16.3 Å². The molecule has 0 saturated heterocycles. The van der Waals surface area contributed by atoms with E-state index in [4.69, 9.17) is 5.73 Å². The topological polar surface area (TPSA) is 55.9 Å². The zero-order valence-corrected chi connectivity index (χ0v) is 10.6. The van der Waals surface area contributed by atoms with Crippen molar-refractivity contribution >= 4 is 11.5 Å². The van der Waals surface area contributed by atoms with Crippen molar-refractivity contribution in [3.63, 3.8) is 0 Å². The average Bonchev–Trinajstić information content (AvgIpc) is 2.58. The van der Waals surface area contributed by atoms with Gasteiger partial charge in [-0.3, -0.25) is 4.68 Å². The first-order chi connectivity index (χ1) is 8.59. The molecular formula is C13H17FN4. The summed E-state index contributed by atoms with van der Waals surface area (Å²) in [6, 6.07) is 6.78. The van der Waals surface area contributed by atoms with Crippen molar-refractivity contribution in [1.29, 1.82) is 0 Å². The minimum Gasteiger partial charge on any atom is -0.394 e. The lowest BCUT2D eigenvalue weighted by atomic mass is 10.1. The number of nitrogens with zero attached hydrogens (tertiary/aromatic N) is 2. The van der Waals surface area contributed by atoms with Gasteiger partial charge >= 0.3 is 0 Å². The summed E-state index contributed by atoms with van der Waals surface area (Å²) < 4.78 is 15.1. The second-order valence-electron chi connectivity index (χ2n) is 4.24. The van der Waals surface area contributed by atoms with Gasteiger partial charge in [0.1, 0.15) is 11.6 Å². The Hall–Kier alpha value is -2.04. The lowest BCUT2D eigenvalue weighted by Gasteiger charge is -2.08. The molecule has 1 aromatic heterocycles. The zero-order valence-electron chi connectivity index (χ0n) is 10.6. The highest BCUT2D eigenvalue weighted by Gasteiger charge is 2.09. The smallest absolute Gasteiger partial charge is 0.147 e. The van der Waals surface area contributed by atoms with Crippen LogP contribution in [0.1, 0.15) is 11.3 Å². The van der Waals surface area contributed by atoms with E-state index in [9.17, 15) is 4.39 Å². The fourth-order valence-corrected chi connectivity index (χ4v) is 1.90. The van der Waals surface area contributed by atoms with Crippen LogP contribution in [0.2, 0.25) is 0 Å². The molecule has 0 bridgehead atoms. The summed E-state index contributed by atoms with van der Waals surface area (Å²) in [6.07, 6.45) is 0.607. The maximum absolute atomic E-state index is 13.4. The summed E-state index contributed by atoms with van der Waals surface area (Å²) in [6.45, 7) is 2.47. The number of nitrogens with two attached hydrogens (primary N) is 1. The van der Waals surface area contributed by atoms with Gasteiger partial charge in [0.15, 0.2) is 0 Å². The molecule has 0 aliphatic carbocycles. The van der Waals surface area contributed by atoms with Crippen molar-refractivity contribution in [1.82, 2.24) is 9.78 Å². The Balaban J connectivity index is 1.99. The molecule has 5 heteroatoms. The molecule has 0 amide bonds. The van der Waals surface area contributed by atoms with Crippen LogP contribution in [0.5, 0.6) is 0 Å². The normalized spacial score (nSPS) is 10.6. The van der Waals surface area contributed by atoms with Crippen LogP contribution in [0.4, 0.5) is 15.9 Å². The number of halogens is 1. The van der Waals surface area contributed by atoms with Crippen molar-refractivity contribution in [2.24, 2.45) is 7.05 Å². The molecule has 0 atom stereocenters. The lowest BCUT2D eigenvalue weighted by molar-refractivity contribution is 0.610. The van der Waals surface area contributed by atoms with E-state index in [1.54, 1.807) is 16.8 Å². The first-order valence-corrected chi connectivity index (χ1v) is 5.86. The van der Waals surface area contributed by atoms with Gasteiger partial charge in [-0.05, 0) is 25.0 Å². The van der Waals surface area contributed by atoms with Gasteiger partial charge in [0.05, 0.1) is 11.4 Å². The number of aryl methyl sites for hydroxylation is 2. The molecule has 0 unspecified atom stereocenters. The summed E-state index contributed by atoms with van der Waals surface area (Å²) in [7, 11) is 1.83. The fraction of sp³-hybridized carbons (Fsp3) is 0.308. The van der Waals surface area contributed by atoms with E-state index in [-0.39, 0.29) is 5.82 Å². The molecule has 3 N–H and O–H groups in total. The van der Waals surface area contributed by atoms with Gasteiger partial charge in [-0.15, -0.1) is 0 Å². The third kappa shape index (κ3) is 2.45. The second kappa shape index (κ2) is 5.08. The monoisotopic (exact) mass is 248 g/mol. The Bertz CT molecular complexity index is 548. The Morgan fingerprint density at radius 3 is 2.72 bits per heavy atom. The van der Waals surface area contributed by atoms with Gasteiger partial charge in [-0.2, -0.15) is 5.10 Å². The highest BCUT2D eigenvalue weighted by molar-refractivity contribution is 5.64. The highest BCUT2D eigenvalue weighted by atomic mass is 19.1. The van der Waals surface area contributed by atoms with Crippen LogP contribution >= 0.6 is 0 Å². The molecule has 2 rings (SSSR count). The molecule has 1 heterocycles. The van der Waals surface area contributed by atoms with Crippen LogP contribution in [0.15, 0.2) is 24.3 Å². The Labute approximate surface area is 106 Å². The minimum atomic E-state index is -0.173. The van der Waals surface area contributed by atoms with Crippen molar-refractivity contribution in [3.8, 4) is 0 Å². The molecular weight excluding hydrogens is 231 g/mol. The molecule has 0 saturated carbocycles. The van der Waals surface area contributed by atoms with Crippen molar-refractivity contribution in [2.45, 2.75) is 13.3 Å². The number of aromatic nitrogens is 2. The number of nitrogens with one attached hydrogen (secondary N) is 1.